The molecular weight excluding hydrogens is 422 g/mol. The number of amides is 1. The molecule has 0 spiro atoms. The molecule has 0 radical (unpaired) electrons. The summed E-state index contributed by atoms with van der Waals surface area (Å²) in [5.41, 5.74) is 0. The number of hydrogen-bond donors (Lipinski definition) is 0. The number of carbonyl (C=O) groups excluding carboxylic acids is 1. The van der Waals surface area contributed by atoms with Crippen LogP contribution >= 0.6 is 0 Å². The van der Waals surface area contributed by atoms with Gasteiger partial charge in [-0.3, -0.25) is 9.63 Å². The van der Waals surface area contributed by atoms with Crippen molar-refractivity contribution < 1.29 is 18.5 Å². The molecule has 1 amide bonds. The van der Waals surface area contributed by atoms with Crippen LogP contribution in [0.4, 0.5) is 0 Å². The lowest BCUT2D eigenvalue weighted by molar-refractivity contribution is -0.176. The SMILES string of the molecule is CC[C@@H](CC[C@H](O[Si](C)(C)C(C)(C)C)[C@@H](C)C(=O)N(C)OC)CO[Si](C)(C)C(C)(C)C. The van der Waals surface area contributed by atoms with E-state index in [-0.39, 0.29) is 28.0 Å². The van der Waals surface area contributed by atoms with E-state index in [0.29, 0.717) is 5.92 Å². The summed E-state index contributed by atoms with van der Waals surface area (Å²) in [6.07, 6.45) is 2.81. The normalized spacial score (nSPS) is 16.7. The Morgan fingerprint density at radius 2 is 1.42 bits per heavy atom. The Kier molecular flexibility index (Phi) is 11.7. The van der Waals surface area contributed by atoms with E-state index in [1.54, 1.807) is 7.05 Å². The highest BCUT2D eigenvalue weighted by molar-refractivity contribution is 6.74. The number of carbonyl (C=O) groups is 1. The molecule has 0 aliphatic carbocycles. The van der Waals surface area contributed by atoms with Gasteiger partial charge in [0, 0.05) is 13.7 Å². The lowest BCUT2D eigenvalue weighted by atomic mass is 9.93. The number of hydroxylamine groups is 2. The van der Waals surface area contributed by atoms with E-state index in [0.717, 1.165) is 25.9 Å². The number of nitrogens with zero attached hydrogens (tertiary/aromatic N) is 1. The maximum absolute atomic E-state index is 12.9. The molecule has 0 N–H and O–H groups in total. The van der Waals surface area contributed by atoms with Crippen LogP contribution in [0.1, 0.15) is 74.7 Å². The van der Waals surface area contributed by atoms with Gasteiger partial charge in [0.1, 0.15) is 0 Å². The first-order valence-electron chi connectivity index (χ1n) is 11.9. The van der Waals surface area contributed by atoms with Crippen molar-refractivity contribution in [2.75, 3.05) is 20.8 Å². The molecule has 31 heavy (non-hydrogen) atoms. The van der Waals surface area contributed by atoms with Gasteiger partial charge in [0.05, 0.1) is 19.1 Å². The Hall–Kier alpha value is -0.216. The van der Waals surface area contributed by atoms with E-state index >= 15 is 0 Å². The average molecular weight is 476 g/mol. The van der Waals surface area contributed by atoms with E-state index in [2.05, 4.69) is 74.7 Å². The number of rotatable bonds is 12. The molecule has 0 aliphatic rings. The van der Waals surface area contributed by atoms with Crippen LogP contribution in [0.3, 0.4) is 0 Å². The van der Waals surface area contributed by atoms with Crippen molar-refractivity contribution in [1.82, 2.24) is 5.06 Å². The second-order valence-corrected chi connectivity index (χ2v) is 21.7. The molecule has 0 aromatic carbocycles. The third-order valence-electron chi connectivity index (χ3n) is 7.71. The van der Waals surface area contributed by atoms with Crippen LogP contribution in [0, 0.1) is 11.8 Å². The fourth-order valence-electron chi connectivity index (χ4n) is 2.85. The predicted molar refractivity (Wildman–Crippen MR) is 137 cm³/mol. The lowest BCUT2D eigenvalue weighted by Crippen LogP contribution is -2.48. The molecule has 7 heteroatoms. The summed E-state index contributed by atoms with van der Waals surface area (Å²) in [6, 6.07) is 0. The molecule has 0 saturated carbocycles. The van der Waals surface area contributed by atoms with Gasteiger partial charge in [-0.05, 0) is 55.0 Å². The van der Waals surface area contributed by atoms with Crippen LogP contribution in [0.2, 0.25) is 36.3 Å². The van der Waals surface area contributed by atoms with Crippen molar-refractivity contribution >= 4 is 22.5 Å². The molecule has 0 rings (SSSR count). The van der Waals surface area contributed by atoms with Crippen molar-refractivity contribution in [3.05, 3.63) is 0 Å². The van der Waals surface area contributed by atoms with Crippen LogP contribution in [-0.2, 0) is 18.5 Å². The van der Waals surface area contributed by atoms with Crippen LogP contribution in [-0.4, -0.2) is 54.5 Å². The van der Waals surface area contributed by atoms with E-state index in [9.17, 15) is 4.79 Å². The van der Waals surface area contributed by atoms with Gasteiger partial charge in [-0.2, -0.15) is 0 Å². The van der Waals surface area contributed by atoms with Gasteiger partial charge >= 0.3 is 0 Å². The molecule has 0 unspecified atom stereocenters. The maximum Gasteiger partial charge on any atom is 0.251 e. The third kappa shape index (κ3) is 9.28. The fraction of sp³-hybridized carbons (Fsp3) is 0.958. The minimum atomic E-state index is -2.01. The zero-order chi connectivity index (χ0) is 24.8. The van der Waals surface area contributed by atoms with E-state index in [1.807, 2.05) is 6.92 Å². The predicted octanol–water partition coefficient (Wildman–Crippen LogP) is 6.86. The summed E-state index contributed by atoms with van der Waals surface area (Å²) in [7, 11) is -0.579. The molecule has 0 saturated heterocycles. The Labute approximate surface area is 195 Å². The van der Waals surface area contributed by atoms with Crippen LogP contribution in [0.15, 0.2) is 0 Å². The molecular formula is C24H53NO4Si2. The Balaban J connectivity index is 5.40. The first-order chi connectivity index (χ1) is 13.8. The first-order valence-corrected chi connectivity index (χ1v) is 17.8. The summed E-state index contributed by atoms with van der Waals surface area (Å²) >= 11 is 0. The second-order valence-electron chi connectivity index (χ2n) is 12.1. The fourth-order valence-corrected chi connectivity index (χ4v) is 5.37. The quantitative estimate of drug-likeness (QED) is 0.228. The molecule has 0 aliphatic heterocycles. The van der Waals surface area contributed by atoms with Crippen molar-refractivity contribution in [3.63, 3.8) is 0 Å². The van der Waals surface area contributed by atoms with Gasteiger partial charge in [-0.25, -0.2) is 5.06 Å². The largest absolute Gasteiger partial charge is 0.417 e. The highest BCUT2D eigenvalue weighted by Gasteiger charge is 2.42. The topological polar surface area (TPSA) is 48.0 Å². The first kappa shape index (κ1) is 30.8. The highest BCUT2D eigenvalue weighted by atomic mass is 28.4. The zero-order valence-corrected chi connectivity index (χ0v) is 25.1. The minimum absolute atomic E-state index is 0.0308. The van der Waals surface area contributed by atoms with Crippen LogP contribution in [0.25, 0.3) is 0 Å². The second kappa shape index (κ2) is 11.8. The van der Waals surface area contributed by atoms with Crippen molar-refractivity contribution in [3.8, 4) is 0 Å². The van der Waals surface area contributed by atoms with Gasteiger partial charge < -0.3 is 8.85 Å². The van der Waals surface area contributed by atoms with Gasteiger partial charge in [0.25, 0.3) is 5.91 Å². The molecule has 3 atom stereocenters. The zero-order valence-electron chi connectivity index (χ0n) is 23.1. The monoisotopic (exact) mass is 475 g/mol. The van der Waals surface area contributed by atoms with Gasteiger partial charge in [-0.1, -0.05) is 61.8 Å². The summed E-state index contributed by atoms with van der Waals surface area (Å²) in [4.78, 5) is 18.0. The Morgan fingerprint density at radius 3 is 1.81 bits per heavy atom. The van der Waals surface area contributed by atoms with Gasteiger partial charge in [0.2, 0.25) is 0 Å². The summed E-state index contributed by atoms with van der Waals surface area (Å²) in [6.45, 7) is 27.7. The molecule has 0 fully saturated rings. The van der Waals surface area contributed by atoms with Crippen LogP contribution in [0.5, 0.6) is 0 Å². The van der Waals surface area contributed by atoms with Crippen LogP contribution < -0.4 is 0 Å². The molecule has 186 valence electrons. The summed E-state index contributed by atoms with van der Waals surface area (Å²) in [5.74, 6) is 0.191. The van der Waals surface area contributed by atoms with Gasteiger partial charge in [-0.15, -0.1) is 0 Å². The summed E-state index contributed by atoms with van der Waals surface area (Å²) < 4.78 is 13.3. The Bertz CT molecular complexity index is 553. The molecule has 0 aromatic rings. The lowest BCUT2D eigenvalue weighted by Gasteiger charge is -2.41. The Morgan fingerprint density at radius 1 is 0.935 bits per heavy atom. The molecule has 5 nitrogen and oxygen atoms in total. The third-order valence-corrected chi connectivity index (χ3v) is 16.7. The van der Waals surface area contributed by atoms with E-state index in [1.165, 1.54) is 12.2 Å². The molecule has 0 bridgehead atoms. The smallest absolute Gasteiger partial charge is 0.251 e. The highest BCUT2D eigenvalue weighted by Crippen LogP contribution is 2.40. The maximum atomic E-state index is 12.9. The van der Waals surface area contributed by atoms with Crippen molar-refractivity contribution in [2.45, 2.75) is 117 Å². The average Bonchev–Trinajstić information content (AvgIpc) is 2.63. The summed E-state index contributed by atoms with van der Waals surface area (Å²) in [5, 5.41) is 1.63. The van der Waals surface area contributed by atoms with Crippen molar-refractivity contribution in [2.24, 2.45) is 11.8 Å². The minimum Gasteiger partial charge on any atom is -0.417 e. The van der Waals surface area contributed by atoms with E-state index in [4.69, 9.17) is 13.7 Å². The standard InChI is InChI=1S/C24H53NO4Si2/c1-15-20(18-28-30(11,12)23(3,4)5)16-17-21(19(2)22(26)25(9)27-10)29-31(13,14)24(6,7)8/h19-21H,15-18H2,1-14H3/t19-,20+,21+/m1/s1. The molecule has 0 aromatic heterocycles. The van der Waals surface area contributed by atoms with E-state index < -0.39 is 16.6 Å². The van der Waals surface area contributed by atoms with Crippen molar-refractivity contribution in [1.29, 1.82) is 0 Å². The molecule has 0 heterocycles. The number of hydrogen-bond acceptors (Lipinski definition) is 4. The van der Waals surface area contributed by atoms with Gasteiger partial charge in [0.15, 0.2) is 16.6 Å².